The quantitative estimate of drug-likeness (QED) is 0.578. The molecule has 2 heterocycles. The molecule has 2 rings (SSSR count). The van der Waals surface area contributed by atoms with E-state index in [1.165, 1.54) is 11.3 Å². The monoisotopic (exact) mass is 413 g/mol. The second-order valence-corrected chi connectivity index (χ2v) is 9.57. The number of hydrogen-bond acceptors (Lipinski definition) is 8. The molecule has 0 saturated heterocycles. The molecule has 1 amide bonds. The summed E-state index contributed by atoms with van der Waals surface area (Å²) in [5, 5.41) is 12.6. The first-order chi connectivity index (χ1) is 12.8. The summed E-state index contributed by atoms with van der Waals surface area (Å²) >= 11 is 1.18. The van der Waals surface area contributed by atoms with Gasteiger partial charge in [-0.05, 0) is 53.2 Å². The zero-order valence-electron chi connectivity index (χ0n) is 17.0. The normalized spacial score (nSPS) is 19.5. The zero-order chi connectivity index (χ0) is 21.3. The van der Waals surface area contributed by atoms with Gasteiger partial charge in [-0.2, -0.15) is 0 Å². The largest absolute Gasteiger partial charge is 0.458 e. The molecule has 0 spiro atoms. The van der Waals surface area contributed by atoms with E-state index in [1.807, 2.05) is 0 Å². The molecule has 1 aromatic rings. The molecule has 2 unspecified atom stereocenters. The number of carbonyl (C=O) groups is 3. The zero-order valence-corrected chi connectivity index (χ0v) is 17.8. The van der Waals surface area contributed by atoms with E-state index in [0.29, 0.717) is 9.88 Å². The molecule has 0 aromatic carbocycles. The van der Waals surface area contributed by atoms with Crippen LogP contribution in [0, 0.1) is 0 Å². The van der Waals surface area contributed by atoms with Gasteiger partial charge in [0.2, 0.25) is 0 Å². The molecule has 2 atom stereocenters. The molecule has 0 saturated carbocycles. The standard InChI is InChI=1S/C19H27NO7S/c1-18(2,3)26-16(23)11-7-10-8-13(28-14(10)12(9-21)25-11)20-15(22)17(24)27-19(4,5)6/h8,11-12,21H,7,9H2,1-6H3,(H,20,22). The lowest BCUT2D eigenvalue weighted by Gasteiger charge is -2.30. The Morgan fingerprint density at radius 2 is 1.79 bits per heavy atom. The molecule has 2 N–H and O–H groups in total. The number of carbonyl (C=O) groups excluding carboxylic acids is 3. The Balaban J connectivity index is 2.13. The number of amides is 1. The fourth-order valence-electron chi connectivity index (χ4n) is 2.56. The van der Waals surface area contributed by atoms with E-state index in [4.69, 9.17) is 14.2 Å². The van der Waals surface area contributed by atoms with Crippen molar-refractivity contribution in [2.75, 3.05) is 11.9 Å². The van der Waals surface area contributed by atoms with Gasteiger partial charge in [-0.25, -0.2) is 9.59 Å². The Bertz CT molecular complexity index is 757. The molecular formula is C19H27NO7S. The molecule has 1 aliphatic rings. The van der Waals surface area contributed by atoms with E-state index in [2.05, 4.69) is 5.32 Å². The molecular weight excluding hydrogens is 386 g/mol. The van der Waals surface area contributed by atoms with Crippen LogP contribution < -0.4 is 5.32 Å². The van der Waals surface area contributed by atoms with Gasteiger partial charge in [0.25, 0.3) is 0 Å². The molecule has 0 radical (unpaired) electrons. The molecule has 1 aromatic heterocycles. The van der Waals surface area contributed by atoms with Crippen LogP contribution >= 0.6 is 11.3 Å². The van der Waals surface area contributed by atoms with Crippen molar-refractivity contribution in [3.8, 4) is 0 Å². The van der Waals surface area contributed by atoms with Crippen molar-refractivity contribution in [2.24, 2.45) is 0 Å². The number of aliphatic hydroxyl groups is 1. The van der Waals surface area contributed by atoms with Crippen molar-refractivity contribution in [1.82, 2.24) is 0 Å². The molecule has 156 valence electrons. The maximum Gasteiger partial charge on any atom is 0.397 e. The van der Waals surface area contributed by atoms with Gasteiger partial charge in [-0.1, -0.05) is 0 Å². The van der Waals surface area contributed by atoms with Gasteiger partial charge < -0.3 is 24.6 Å². The van der Waals surface area contributed by atoms with Crippen LogP contribution in [0.1, 0.15) is 58.1 Å². The highest BCUT2D eigenvalue weighted by molar-refractivity contribution is 7.16. The highest BCUT2D eigenvalue weighted by atomic mass is 32.1. The average Bonchev–Trinajstić information content (AvgIpc) is 2.92. The lowest BCUT2D eigenvalue weighted by Crippen LogP contribution is -2.38. The fourth-order valence-corrected chi connectivity index (χ4v) is 3.68. The summed E-state index contributed by atoms with van der Waals surface area (Å²) in [4.78, 5) is 36.9. The first kappa shape index (κ1) is 22.3. The molecule has 8 nitrogen and oxygen atoms in total. The van der Waals surface area contributed by atoms with Crippen molar-refractivity contribution in [3.05, 3.63) is 16.5 Å². The highest BCUT2D eigenvalue weighted by Gasteiger charge is 2.36. The van der Waals surface area contributed by atoms with Gasteiger partial charge in [0, 0.05) is 11.3 Å². The van der Waals surface area contributed by atoms with Gasteiger partial charge in [0.1, 0.15) is 17.3 Å². The van der Waals surface area contributed by atoms with Crippen LogP contribution in [0.15, 0.2) is 6.07 Å². The molecule has 0 aliphatic carbocycles. The molecule has 28 heavy (non-hydrogen) atoms. The molecule has 9 heteroatoms. The Kier molecular flexibility index (Phi) is 6.52. The number of esters is 2. The third-order valence-corrected chi connectivity index (χ3v) is 4.71. The molecule has 0 fully saturated rings. The number of fused-ring (bicyclic) bond motifs is 1. The van der Waals surface area contributed by atoms with Crippen LogP contribution in [0.2, 0.25) is 0 Å². The number of nitrogens with one attached hydrogen (secondary N) is 1. The summed E-state index contributed by atoms with van der Waals surface area (Å²) in [5.41, 5.74) is -0.679. The SMILES string of the molecule is CC(C)(C)OC(=O)C(=O)Nc1cc2c(s1)C(CO)OC(C(=O)OC(C)(C)C)C2. The number of aliphatic hydroxyl groups excluding tert-OH is 1. The summed E-state index contributed by atoms with van der Waals surface area (Å²) in [5.74, 6) is -2.39. The Labute approximate surface area is 168 Å². The lowest BCUT2D eigenvalue weighted by atomic mass is 10.0. The predicted molar refractivity (Wildman–Crippen MR) is 103 cm³/mol. The Morgan fingerprint density at radius 1 is 1.18 bits per heavy atom. The first-order valence-electron chi connectivity index (χ1n) is 8.95. The number of anilines is 1. The maximum atomic E-state index is 12.3. The summed E-state index contributed by atoms with van der Waals surface area (Å²) in [6.07, 6.45) is -1.31. The highest BCUT2D eigenvalue weighted by Crippen LogP contribution is 2.39. The van der Waals surface area contributed by atoms with Gasteiger partial charge >= 0.3 is 17.8 Å². The van der Waals surface area contributed by atoms with Crippen molar-refractivity contribution < 1.29 is 33.7 Å². The third-order valence-electron chi connectivity index (χ3n) is 3.52. The topological polar surface area (TPSA) is 111 Å². The number of ether oxygens (including phenoxy) is 3. The van der Waals surface area contributed by atoms with E-state index >= 15 is 0 Å². The van der Waals surface area contributed by atoms with E-state index < -0.39 is 41.3 Å². The van der Waals surface area contributed by atoms with Crippen LogP contribution in [0.25, 0.3) is 0 Å². The first-order valence-corrected chi connectivity index (χ1v) is 9.77. The number of thiophene rings is 1. The summed E-state index contributed by atoms with van der Waals surface area (Å²) in [7, 11) is 0. The van der Waals surface area contributed by atoms with Crippen LogP contribution in [0.5, 0.6) is 0 Å². The lowest BCUT2D eigenvalue weighted by molar-refractivity contribution is -0.175. The Morgan fingerprint density at radius 3 is 2.32 bits per heavy atom. The van der Waals surface area contributed by atoms with Crippen molar-refractivity contribution in [3.63, 3.8) is 0 Å². The average molecular weight is 413 g/mol. The maximum absolute atomic E-state index is 12.3. The molecule has 1 aliphatic heterocycles. The minimum absolute atomic E-state index is 0.250. The second-order valence-electron chi connectivity index (χ2n) is 8.49. The number of rotatable bonds is 3. The van der Waals surface area contributed by atoms with Gasteiger partial charge in [0.05, 0.1) is 11.6 Å². The minimum atomic E-state index is -0.986. The van der Waals surface area contributed by atoms with E-state index in [1.54, 1.807) is 47.6 Å². The van der Waals surface area contributed by atoms with E-state index in [-0.39, 0.29) is 13.0 Å². The number of hydrogen-bond donors (Lipinski definition) is 2. The van der Waals surface area contributed by atoms with Gasteiger partial charge in [-0.15, -0.1) is 11.3 Å². The van der Waals surface area contributed by atoms with Crippen molar-refractivity contribution in [2.45, 2.75) is 71.4 Å². The minimum Gasteiger partial charge on any atom is -0.458 e. The molecule has 0 bridgehead atoms. The summed E-state index contributed by atoms with van der Waals surface area (Å²) < 4.78 is 16.1. The third kappa shape index (κ3) is 6.02. The smallest absolute Gasteiger partial charge is 0.397 e. The van der Waals surface area contributed by atoms with Gasteiger partial charge in [-0.3, -0.25) is 4.79 Å². The predicted octanol–water partition coefficient (Wildman–Crippen LogP) is 2.34. The van der Waals surface area contributed by atoms with E-state index in [0.717, 1.165) is 5.56 Å². The van der Waals surface area contributed by atoms with Crippen molar-refractivity contribution in [1.29, 1.82) is 0 Å². The Hall–Kier alpha value is -1.97. The van der Waals surface area contributed by atoms with Gasteiger partial charge in [0.15, 0.2) is 6.10 Å². The second kappa shape index (κ2) is 8.18. The van der Waals surface area contributed by atoms with E-state index in [9.17, 15) is 19.5 Å². The van der Waals surface area contributed by atoms with Crippen LogP contribution in [-0.2, 0) is 35.0 Å². The van der Waals surface area contributed by atoms with Crippen LogP contribution in [0.3, 0.4) is 0 Å². The fraction of sp³-hybridized carbons (Fsp3) is 0.632. The van der Waals surface area contributed by atoms with Crippen LogP contribution in [0.4, 0.5) is 5.00 Å². The van der Waals surface area contributed by atoms with Crippen molar-refractivity contribution >= 4 is 34.2 Å². The van der Waals surface area contributed by atoms with Crippen LogP contribution in [-0.4, -0.2) is 46.9 Å². The summed E-state index contributed by atoms with van der Waals surface area (Å²) in [6.45, 7) is 9.96. The summed E-state index contributed by atoms with van der Waals surface area (Å²) in [6, 6.07) is 1.67.